The van der Waals surface area contributed by atoms with Crippen molar-refractivity contribution in [3.63, 3.8) is 0 Å². The first-order valence-corrected chi connectivity index (χ1v) is 14.8. The van der Waals surface area contributed by atoms with Gasteiger partial charge in [-0.25, -0.2) is 4.68 Å². The summed E-state index contributed by atoms with van der Waals surface area (Å²) in [7, 11) is 1.90. The summed E-state index contributed by atoms with van der Waals surface area (Å²) in [5.41, 5.74) is -0.301. The zero-order chi connectivity index (χ0) is 32.6. The average Bonchev–Trinajstić information content (AvgIpc) is 3.29. The van der Waals surface area contributed by atoms with E-state index in [1.807, 2.05) is 41.7 Å². The van der Waals surface area contributed by atoms with E-state index in [1.54, 1.807) is 4.68 Å². The van der Waals surface area contributed by atoms with Crippen molar-refractivity contribution in [1.82, 2.24) is 20.3 Å². The van der Waals surface area contributed by atoms with Gasteiger partial charge in [-0.15, -0.1) is 5.10 Å². The Labute approximate surface area is 250 Å². The highest BCUT2D eigenvalue weighted by Crippen LogP contribution is 2.39. The van der Waals surface area contributed by atoms with Crippen molar-refractivity contribution in [2.45, 2.75) is 99.0 Å². The monoisotopic (exact) mass is 614 g/mol. The van der Waals surface area contributed by atoms with Crippen molar-refractivity contribution in [3.8, 4) is 0 Å². The van der Waals surface area contributed by atoms with E-state index in [0.29, 0.717) is 37.3 Å². The SMILES string of the molecule is CCCC(CCC(C)C)(CC(C)C)C(=O)NCc1cc(C(F)(F)F)cc(C(F)(F)F)c1.CCc1ccc2c(c1)nnn2C. The van der Waals surface area contributed by atoms with Crippen LogP contribution in [0.2, 0.25) is 0 Å². The lowest BCUT2D eigenvalue weighted by molar-refractivity contribution is -0.143. The highest BCUT2D eigenvalue weighted by atomic mass is 19.4. The van der Waals surface area contributed by atoms with E-state index < -0.39 is 35.4 Å². The zero-order valence-corrected chi connectivity index (χ0v) is 26.1. The number of nitrogens with zero attached hydrogens (tertiary/aromatic N) is 3. The molecule has 1 aromatic heterocycles. The number of fused-ring (bicyclic) bond motifs is 1. The van der Waals surface area contributed by atoms with E-state index in [-0.39, 0.29) is 23.5 Å². The van der Waals surface area contributed by atoms with E-state index in [9.17, 15) is 31.1 Å². The molecule has 0 aliphatic heterocycles. The molecule has 0 aliphatic carbocycles. The van der Waals surface area contributed by atoms with Crippen LogP contribution in [0.15, 0.2) is 36.4 Å². The number of hydrogen-bond donors (Lipinski definition) is 1. The van der Waals surface area contributed by atoms with Gasteiger partial charge in [0.15, 0.2) is 0 Å². The quantitative estimate of drug-likeness (QED) is 0.219. The number of halogens is 6. The van der Waals surface area contributed by atoms with Crippen molar-refractivity contribution >= 4 is 16.9 Å². The predicted molar refractivity (Wildman–Crippen MR) is 157 cm³/mol. The van der Waals surface area contributed by atoms with E-state index >= 15 is 0 Å². The fraction of sp³-hybridized carbons (Fsp3) is 0.594. The van der Waals surface area contributed by atoms with Crippen LogP contribution in [0.5, 0.6) is 0 Å². The van der Waals surface area contributed by atoms with Gasteiger partial charge in [-0.3, -0.25) is 4.79 Å². The maximum absolute atomic E-state index is 13.2. The zero-order valence-electron chi connectivity index (χ0n) is 26.1. The molecule has 2 aromatic carbocycles. The number of carbonyl (C=O) groups is 1. The fourth-order valence-corrected chi connectivity index (χ4v) is 5.27. The van der Waals surface area contributed by atoms with Crippen LogP contribution in [0.4, 0.5) is 26.3 Å². The smallest absolute Gasteiger partial charge is 0.352 e. The lowest BCUT2D eigenvalue weighted by atomic mass is 9.71. The van der Waals surface area contributed by atoms with Gasteiger partial charge in [0.05, 0.1) is 16.6 Å². The Morgan fingerprint density at radius 1 is 0.860 bits per heavy atom. The van der Waals surface area contributed by atoms with Gasteiger partial charge in [0.2, 0.25) is 5.91 Å². The third-order valence-electron chi connectivity index (χ3n) is 7.39. The molecule has 0 bridgehead atoms. The van der Waals surface area contributed by atoms with Gasteiger partial charge in [0.25, 0.3) is 0 Å². The van der Waals surface area contributed by atoms with Gasteiger partial charge in [0, 0.05) is 19.0 Å². The molecule has 0 saturated carbocycles. The highest BCUT2D eigenvalue weighted by Gasteiger charge is 2.39. The van der Waals surface area contributed by atoms with Crippen LogP contribution in [0.1, 0.15) is 95.9 Å². The molecule has 0 aliphatic rings. The van der Waals surface area contributed by atoms with Crippen molar-refractivity contribution in [3.05, 3.63) is 58.7 Å². The Kier molecular flexibility index (Phi) is 12.6. The number of amides is 1. The average molecular weight is 615 g/mol. The first-order valence-electron chi connectivity index (χ1n) is 14.8. The summed E-state index contributed by atoms with van der Waals surface area (Å²) in [5.74, 6) is 0.276. The predicted octanol–water partition coefficient (Wildman–Crippen LogP) is 9.14. The normalized spacial score (nSPS) is 13.7. The first kappa shape index (κ1) is 36.1. The molecule has 3 aromatic rings. The van der Waals surface area contributed by atoms with Crippen molar-refractivity contribution in [1.29, 1.82) is 0 Å². The van der Waals surface area contributed by atoms with Crippen LogP contribution in [0.25, 0.3) is 11.0 Å². The second-order valence-electron chi connectivity index (χ2n) is 12.0. The summed E-state index contributed by atoms with van der Waals surface area (Å²) in [6.45, 7) is 11.8. The molecule has 0 spiro atoms. The molecule has 0 fully saturated rings. The van der Waals surface area contributed by atoms with Gasteiger partial charge in [-0.05, 0) is 85.4 Å². The molecule has 1 unspecified atom stereocenters. The van der Waals surface area contributed by atoms with Crippen molar-refractivity contribution < 1.29 is 31.1 Å². The molecule has 1 heterocycles. The second kappa shape index (κ2) is 15.1. The number of aromatic nitrogens is 3. The largest absolute Gasteiger partial charge is 0.416 e. The summed E-state index contributed by atoms with van der Waals surface area (Å²) in [5, 5.41) is 10.6. The number of benzene rings is 2. The summed E-state index contributed by atoms with van der Waals surface area (Å²) in [4.78, 5) is 13.2. The van der Waals surface area contributed by atoms with E-state index in [4.69, 9.17) is 0 Å². The number of rotatable bonds is 11. The summed E-state index contributed by atoms with van der Waals surface area (Å²) in [6, 6.07) is 7.68. The van der Waals surface area contributed by atoms with Crippen LogP contribution in [-0.2, 0) is 37.2 Å². The molecule has 5 nitrogen and oxygen atoms in total. The molecule has 1 N–H and O–H groups in total. The first-order chi connectivity index (χ1) is 19.9. The fourth-order valence-electron chi connectivity index (χ4n) is 5.27. The molecule has 240 valence electrons. The third-order valence-corrected chi connectivity index (χ3v) is 7.39. The molecular formula is C32H44F6N4O. The van der Waals surface area contributed by atoms with Crippen LogP contribution in [-0.4, -0.2) is 20.9 Å². The number of alkyl halides is 6. The number of nitrogens with one attached hydrogen (secondary N) is 1. The number of hydrogen-bond acceptors (Lipinski definition) is 3. The van der Waals surface area contributed by atoms with Crippen molar-refractivity contribution in [2.24, 2.45) is 24.3 Å². The maximum atomic E-state index is 13.2. The highest BCUT2D eigenvalue weighted by molar-refractivity contribution is 5.82. The van der Waals surface area contributed by atoms with Gasteiger partial charge < -0.3 is 5.32 Å². The van der Waals surface area contributed by atoms with E-state index in [1.165, 1.54) is 5.56 Å². The Morgan fingerprint density at radius 3 is 1.95 bits per heavy atom. The van der Waals surface area contributed by atoms with Gasteiger partial charge in [0.1, 0.15) is 5.52 Å². The molecule has 0 saturated heterocycles. The summed E-state index contributed by atoms with van der Waals surface area (Å²) >= 11 is 0. The lowest BCUT2D eigenvalue weighted by Gasteiger charge is -2.35. The summed E-state index contributed by atoms with van der Waals surface area (Å²) < 4.78 is 80.3. The standard InChI is InChI=1S/C23H33F6NO.C9H11N3/c1-6-8-21(13-16(4)5,9-7-15(2)3)20(31)30-14-17-10-18(22(24,25)26)12-19(11-17)23(27,28)29;1-3-7-4-5-9-8(6-7)10-11-12(9)2/h10-12,15-16H,6-9,13-14H2,1-5H3,(H,30,31);4-6H,3H2,1-2H3. The Morgan fingerprint density at radius 2 is 1.47 bits per heavy atom. The van der Waals surface area contributed by atoms with E-state index in [0.717, 1.165) is 30.3 Å². The molecule has 0 radical (unpaired) electrons. The van der Waals surface area contributed by atoms with Crippen LogP contribution in [0.3, 0.4) is 0 Å². The molecule has 1 amide bonds. The Hall–Kier alpha value is -3.11. The molecule has 43 heavy (non-hydrogen) atoms. The van der Waals surface area contributed by atoms with Gasteiger partial charge >= 0.3 is 12.4 Å². The van der Waals surface area contributed by atoms with E-state index in [2.05, 4.69) is 40.8 Å². The van der Waals surface area contributed by atoms with Gasteiger partial charge in [-0.1, -0.05) is 59.2 Å². The minimum atomic E-state index is -4.92. The van der Waals surface area contributed by atoms with Gasteiger partial charge in [-0.2, -0.15) is 26.3 Å². The number of aryl methyl sites for hydroxylation is 2. The Bertz CT molecular complexity index is 1300. The summed E-state index contributed by atoms with van der Waals surface area (Å²) in [6.07, 6.45) is -5.38. The molecule has 3 rings (SSSR count). The van der Waals surface area contributed by atoms with Crippen molar-refractivity contribution in [2.75, 3.05) is 0 Å². The minimum absolute atomic E-state index is 0.0914. The topological polar surface area (TPSA) is 59.8 Å². The maximum Gasteiger partial charge on any atom is 0.416 e. The van der Waals surface area contributed by atoms with Crippen LogP contribution < -0.4 is 5.32 Å². The molecule has 1 atom stereocenters. The Balaban J connectivity index is 0.000000440. The van der Waals surface area contributed by atoms with Crippen LogP contribution in [0, 0.1) is 17.3 Å². The molecular weight excluding hydrogens is 570 g/mol. The molecule has 11 heteroatoms. The minimum Gasteiger partial charge on any atom is -0.352 e. The van der Waals surface area contributed by atoms with Crippen LogP contribution >= 0.6 is 0 Å². The lowest BCUT2D eigenvalue weighted by Crippen LogP contribution is -2.42. The second-order valence-corrected chi connectivity index (χ2v) is 12.0. The third kappa shape index (κ3) is 10.5. The number of carbonyl (C=O) groups excluding carboxylic acids is 1.